The van der Waals surface area contributed by atoms with Crippen molar-refractivity contribution in [3.8, 4) is 0 Å². The van der Waals surface area contributed by atoms with E-state index in [2.05, 4.69) is 46.5 Å². The Morgan fingerprint density at radius 3 is 2.70 bits per heavy atom. The van der Waals surface area contributed by atoms with Gasteiger partial charge in [-0.1, -0.05) is 41.6 Å². The number of carbonyl (C=O) groups is 1. The summed E-state index contributed by atoms with van der Waals surface area (Å²) >= 11 is 1.40. The summed E-state index contributed by atoms with van der Waals surface area (Å²) in [5.74, 6) is 2.46. The Kier molecular flexibility index (Phi) is 4.94. The van der Waals surface area contributed by atoms with Crippen LogP contribution in [0, 0.1) is 6.92 Å². The van der Waals surface area contributed by atoms with Crippen molar-refractivity contribution in [3.63, 3.8) is 0 Å². The number of thioether (sulfide) groups is 1. The molecule has 30 heavy (non-hydrogen) atoms. The maximum absolute atomic E-state index is 13.1. The number of amides is 1. The minimum atomic E-state index is -0.231. The van der Waals surface area contributed by atoms with Gasteiger partial charge >= 0.3 is 0 Å². The first kappa shape index (κ1) is 19.1. The van der Waals surface area contributed by atoms with E-state index in [9.17, 15) is 4.79 Å². The van der Waals surface area contributed by atoms with Crippen molar-refractivity contribution in [3.05, 3.63) is 65.4 Å². The molecule has 3 aromatic rings. The second-order valence-electron chi connectivity index (χ2n) is 7.85. The number of carbonyl (C=O) groups excluding carboxylic acids is 1. The number of aromatic nitrogens is 3. The van der Waals surface area contributed by atoms with Gasteiger partial charge in [-0.2, -0.15) is 5.10 Å². The smallest absolute Gasteiger partial charge is 0.253 e. The minimum absolute atomic E-state index is 0.0699. The van der Waals surface area contributed by atoms with E-state index in [0.717, 1.165) is 28.0 Å². The van der Waals surface area contributed by atoms with Crippen LogP contribution in [0.25, 0.3) is 0 Å². The highest BCUT2D eigenvalue weighted by atomic mass is 32.2. The van der Waals surface area contributed by atoms with Crippen molar-refractivity contribution in [2.45, 2.75) is 43.3 Å². The Balaban J connectivity index is 1.35. The Bertz CT molecular complexity index is 1080. The summed E-state index contributed by atoms with van der Waals surface area (Å²) in [6, 6.07) is 11.7. The van der Waals surface area contributed by atoms with Crippen LogP contribution < -0.4 is 0 Å². The summed E-state index contributed by atoms with van der Waals surface area (Å²) in [5.41, 5.74) is 3.12. The van der Waals surface area contributed by atoms with Crippen LogP contribution in [0.2, 0.25) is 0 Å². The van der Waals surface area contributed by atoms with Crippen LogP contribution >= 0.6 is 11.8 Å². The number of furan rings is 1. The standard InChI is InChI=1S/C22H23N5O2S/c1-14-5-7-15(8-6-14)17-12-18(19-4-3-11-29-19)27(25-17)20(28)13-30-22-24-23-21(26(22)2)16-9-10-16/h3-8,11,16,18H,9-10,12-13H2,1-2H3/t18-/m0/s1. The third-order valence-electron chi connectivity index (χ3n) is 5.56. The van der Waals surface area contributed by atoms with Crippen LogP contribution in [0.5, 0.6) is 0 Å². The van der Waals surface area contributed by atoms with E-state index in [-0.39, 0.29) is 17.7 Å². The van der Waals surface area contributed by atoms with Gasteiger partial charge in [-0.25, -0.2) is 5.01 Å². The second kappa shape index (κ2) is 7.75. The first-order valence-corrected chi connectivity index (χ1v) is 11.1. The molecular weight excluding hydrogens is 398 g/mol. The molecule has 154 valence electrons. The topological polar surface area (TPSA) is 76.5 Å². The zero-order valence-electron chi connectivity index (χ0n) is 17.0. The van der Waals surface area contributed by atoms with Gasteiger partial charge in [0.25, 0.3) is 5.91 Å². The van der Waals surface area contributed by atoms with Gasteiger partial charge in [0.05, 0.1) is 17.7 Å². The first-order chi connectivity index (χ1) is 14.6. The molecule has 0 unspecified atom stereocenters. The first-order valence-electron chi connectivity index (χ1n) is 10.1. The number of nitrogens with zero attached hydrogens (tertiary/aromatic N) is 5. The molecule has 1 aliphatic heterocycles. The van der Waals surface area contributed by atoms with E-state index in [1.807, 2.05) is 23.7 Å². The fourth-order valence-electron chi connectivity index (χ4n) is 3.70. The molecule has 5 rings (SSSR count). The summed E-state index contributed by atoms with van der Waals surface area (Å²) < 4.78 is 7.62. The molecule has 2 aliphatic rings. The molecule has 7 nitrogen and oxygen atoms in total. The Labute approximate surface area is 179 Å². The quantitative estimate of drug-likeness (QED) is 0.561. The number of rotatable bonds is 6. The number of hydrogen-bond acceptors (Lipinski definition) is 6. The third-order valence-corrected chi connectivity index (χ3v) is 6.56. The van der Waals surface area contributed by atoms with E-state index in [4.69, 9.17) is 4.42 Å². The largest absolute Gasteiger partial charge is 0.467 e. The molecule has 1 aliphatic carbocycles. The Morgan fingerprint density at radius 1 is 1.20 bits per heavy atom. The molecule has 0 N–H and O–H groups in total. The fourth-order valence-corrected chi connectivity index (χ4v) is 4.48. The van der Waals surface area contributed by atoms with Crippen LogP contribution in [0.15, 0.2) is 57.3 Å². The lowest BCUT2D eigenvalue weighted by atomic mass is 10.0. The molecule has 1 aromatic carbocycles. The minimum Gasteiger partial charge on any atom is -0.467 e. The summed E-state index contributed by atoms with van der Waals surface area (Å²) in [6.07, 6.45) is 4.60. The van der Waals surface area contributed by atoms with Gasteiger partial charge < -0.3 is 8.98 Å². The van der Waals surface area contributed by atoms with Crippen molar-refractivity contribution in [1.29, 1.82) is 0 Å². The van der Waals surface area contributed by atoms with Gasteiger partial charge in [-0.3, -0.25) is 4.79 Å². The summed E-state index contributed by atoms with van der Waals surface area (Å²) in [7, 11) is 1.97. The summed E-state index contributed by atoms with van der Waals surface area (Å²) in [6.45, 7) is 2.06. The van der Waals surface area contributed by atoms with Crippen molar-refractivity contribution in [1.82, 2.24) is 19.8 Å². The summed E-state index contributed by atoms with van der Waals surface area (Å²) in [4.78, 5) is 13.1. The molecule has 2 aromatic heterocycles. The average molecular weight is 422 g/mol. The lowest BCUT2D eigenvalue weighted by Crippen LogP contribution is -2.28. The van der Waals surface area contributed by atoms with Gasteiger partial charge in [-0.15, -0.1) is 10.2 Å². The zero-order chi connectivity index (χ0) is 20.7. The number of hydrogen-bond donors (Lipinski definition) is 0. The monoisotopic (exact) mass is 421 g/mol. The molecule has 1 atom stereocenters. The van der Waals surface area contributed by atoms with Gasteiger partial charge in [0.1, 0.15) is 17.6 Å². The van der Waals surface area contributed by atoms with E-state index in [0.29, 0.717) is 12.3 Å². The van der Waals surface area contributed by atoms with Crippen molar-refractivity contribution >= 4 is 23.4 Å². The predicted octanol–water partition coefficient (Wildman–Crippen LogP) is 4.06. The lowest BCUT2D eigenvalue weighted by molar-refractivity contribution is -0.130. The van der Waals surface area contributed by atoms with Gasteiger partial charge in [0.2, 0.25) is 0 Å². The van der Waals surface area contributed by atoms with Crippen molar-refractivity contribution in [2.75, 3.05) is 5.75 Å². The SMILES string of the molecule is Cc1ccc(C2=NN(C(=O)CSc3nnc(C4CC4)n3C)[C@H](c3ccco3)C2)cc1. The molecule has 0 spiro atoms. The van der Waals surface area contributed by atoms with Crippen LogP contribution in [0.1, 0.15) is 53.9 Å². The molecule has 0 saturated heterocycles. The van der Waals surface area contributed by atoms with E-state index >= 15 is 0 Å². The fraction of sp³-hybridized carbons (Fsp3) is 0.364. The maximum atomic E-state index is 13.1. The predicted molar refractivity (Wildman–Crippen MR) is 114 cm³/mol. The molecule has 1 fully saturated rings. The Hall–Kier alpha value is -2.87. The average Bonchev–Trinajstić information content (AvgIpc) is 3.15. The summed E-state index contributed by atoms with van der Waals surface area (Å²) in [5, 5.41) is 15.6. The van der Waals surface area contributed by atoms with Gasteiger partial charge in [-0.05, 0) is 37.5 Å². The highest BCUT2D eigenvalue weighted by Gasteiger charge is 2.35. The number of hydrazone groups is 1. The zero-order valence-corrected chi connectivity index (χ0v) is 17.8. The maximum Gasteiger partial charge on any atom is 0.253 e. The normalized spacial score (nSPS) is 18.7. The number of benzene rings is 1. The van der Waals surface area contributed by atoms with Crippen molar-refractivity contribution in [2.24, 2.45) is 12.1 Å². The van der Waals surface area contributed by atoms with E-state index < -0.39 is 0 Å². The van der Waals surface area contributed by atoms with E-state index in [1.54, 1.807) is 11.3 Å². The molecule has 1 amide bonds. The van der Waals surface area contributed by atoms with Crippen LogP contribution in [-0.2, 0) is 11.8 Å². The molecular formula is C22H23N5O2S. The van der Waals surface area contributed by atoms with Crippen LogP contribution in [0.3, 0.4) is 0 Å². The second-order valence-corrected chi connectivity index (χ2v) is 8.79. The molecule has 0 radical (unpaired) electrons. The third kappa shape index (κ3) is 3.67. The number of aryl methyl sites for hydroxylation is 1. The van der Waals surface area contributed by atoms with Gasteiger partial charge in [0, 0.05) is 19.4 Å². The molecule has 0 bridgehead atoms. The van der Waals surface area contributed by atoms with Gasteiger partial charge in [0.15, 0.2) is 5.16 Å². The van der Waals surface area contributed by atoms with Crippen LogP contribution in [-0.4, -0.2) is 37.1 Å². The highest BCUT2D eigenvalue weighted by molar-refractivity contribution is 7.99. The molecule has 3 heterocycles. The Morgan fingerprint density at radius 2 is 2.00 bits per heavy atom. The molecule has 1 saturated carbocycles. The van der Waals surface area contributed by atoms with E-state index in [1.165, 1.54) is 30.2 Å². The molecule has 8 heteroatoms. The lowest BCUT2D eigenvalue weighted by Gasteiger charge is -2.19. The van der Waals surface area contributed by atoms with Crippen LogP contribution in [0.4, 0.5) is 0 Å². The van der Waals surface area contributed by atoms with Crippen molar-refractivity contribution < 1.29 is 9.21 Å². The highest BCUT2D eigenvalue weighted by Crippen LogP contribution is 2.39.